The number of hydrogen-bond donors (Lipinski definition) is 1. The molecule has 3 rings (SSSR count). The Morgan fingerprint density at radius 1 is 1.42 bits per heavy atom. The Bertz CT molecular complexity index is 744. The highest BCUT2D eigenvalue weighted by molar-refractivity contribution is 7.08. The maximum absolute atomic E-state index is 13.1. The first-order chi connectivity index (χ1) is 11.5. The molecule has 1 N–H and O–H groups in total. The van der Waals surface area contributed by atoms with E-state index in [1.165, 1.54) is 11.5 Å². The quantitative estimate of drug-likeness (QED) is 0.916. The molecule has 0 bridgehead atoms. The second kappa shape index (κ2) is 6.80. The summed E-state index contributed by atoms with van der Waals surface area (Å²) in [4.78, 5) is 24.5. The average Bonchev–Trinajstić information content (AvgIpc) is 3.22. The van der Waals surface area contributed by atoms with E-state index in [0.29, 0.717) is 10.7 Å². The highest BCUT2D eigenvalue weighted by atomic mass is 32.1. The van der Waals surface area contributed by atoms with Gasteiger partial charge < -0.3 is 10.2 Å². The summed E-state index contributed by atoms with van der Waals surface area (Å²) in [5.74, 6) is 1.68. The Hall–Kier alpha value is -2.09. The van der Waals surface area contributed by atoms with Crippen LogP contribution in [0.25, 0.3) is 0 Å². The zero-order valence-corrected chi connectivity index (χ0v) is 15.2. The first-order valence-electron chi connectivity index (χ1n) is 8.17. The van der Waals surface area contributed by atoms with Gasteiger partial charge in [0.1, 0.15) is 16.5 Å². The maximum atomic E-state index is 13.1. The van der Waals surface area contributed by atoms with Crippen molar-refractivity contribution in [2.75, 3.05) is 18.9 Å². The number of aryl methyl sites for hydroxylation is 1. The lowest BCUT2D eigenvalue weighted by atomic mass is 10.1. The first-order valence-corrected chi connectivity index (χ1v) is 8.95. The minimum atomic E-state index is -0.0200. The fourth-order valence-electron chi connectivity index (χ4n) is 3.06. The molecule has 1 fully saturated rings. The lowest BCUT2D eigenvalue weighted by molar-refractivity contribution is 0.0736. The van der Waals surface area contributed by atoms with E-state index in [0.717, 1.165) is 36.6 Å². The molecule has 1 aliphatic heterocycles. The number of carbonyl (C=O) groups is 1. The number of likely N-dealkylation sites (tertiary alicyclic amines) is 1. The van der Waals surface area contributed by atoms with E-state index in [9.17, 15) is 4.79 Å². The van der Waals surface area contributed by atoms with Crippen LogP contribution in [0.2, 0.25) is 0 Å². The van der Waals surface area contributed by atoms with Gasteiger partial charge in [-0.15, -0.1) is 5.10 Å². The second-order valence-corrected chi connectivity index (χ2v) is 7.03. The van der Waals surface area contributed by atoms with Gasteiger partial charge in [-0.3, -0.25) is 4.79 Å². The van der Waals surface area contributed by atoms with Gasteiger partial charge in [-0.25, -0.2) is 9.97 Å². The van der Waals surface area contributed by atoms with Gasteiger partial charge in [0, 0.05) is 19.7 Å². The minimum Gasteiger partial charge on any atom is -0.373 e. The van der Waals surface area contributed by atoms with Gasteiger partial charge in [-0.1, -0.05) is 18.3 Å². The number of rotatable bonds is 4. The lowest BCUT2D eigenvalue weighted by Crippen LogP contribution is -2.31. The largest absolute Gasteiger partial charge is 0.373 e. The van der Waals surface area contributed by atoms with Crippen LogP contribution >= 0.6 is 11.5 Å². The number of hydrogen-bond acceptors (Lipinski definition) is 7. The molecular formula is C16H22N6OS. The molecule has 8 heteroatoms. The van der Waals surface area contributed by atoms with E-state index >= 15 is 0 Å². The SMILES string of the molecule is CNc1cc([C@H]2CCCN2C(=O)c2snnc2C(C)C)nc(C)n1. The molecule has 0 aliphatic carbocycles. The van der Waals surface area contributed by atoms with Crippen molar-refractivity contribution in [2.24, 2.45) is 0 Å². The molecular weight excluding hydrogens is 324 g/mol. The molecule has 2 aromatic heterocycles. The molecule has 1 aliphatic rings. The molecule has 0 aromatic carbocycles. The predicted molar refractivity (Wildman–Crippen MR) is 93.3 cm³/mol. The van der Waals surface area contributed by atoms with Crippen LogP contribution in [0.4, 0.5) is 5.82 Å². The van der Waals surface area contributed by atoms with E-state index < -0.39 is 0 Å². The van der Waals surface area contributed by atoms with Crippen molar-refractivity contribution in [3.8, 4) is 0 Å². The van der Waals surface area contributed by atoms with Crippen molar-refractivity contribution in [1.29, 1.82) is 0 Å². The second-order valence-electron chi connectivity index (χ2n) is 6.27. The van der Waals surface area contributed by atoms with Crippen molar-refractivity contribution in [3.63, 3.8) is 0 Å². The molecule has 7 nitrogen and oxygen atoms in total. The first kappa shape index (κ1) is 16.8. The summed E-state index contributed by atoms with van der Waals surface area (Å²) in [6, 6.07) is 1.91. The van der Waals surface area contributed by atoms with Crippen molar-refractivity contribution < 1.29 is 4.79 Å². The van der Waals surface area contributed by atoms with E-state index in [-0.39, 0.29) is 17.9 Å². The summed E-state index contributed by atoms with van der Waals surface area (Å²) in [6.45, 7) is 6.66. The molecule has 0 radical (unpaired) electrons. The van der Waals surface area contributed by atoms with Gasteiger partial charge >= 0.3 is 0 Å². The van der Waals surface area contributed by atoms with Gasteiger partial charge in [0.05, 0.1) is 17.4 Å². The van der Waals surface area contributed by atoms with E-state index in [2.05, 4.69) is 24.9 Å². The van der Waals surface area contributed by atoms with E-state index in [1.807, 2.05) is 38.8 Å². The zero-order chi connectivity index (χ0) is 17.3. The molecule has 2 aromatic rings. The zero-order valence-electron chi connectivity index (χ0n) is 14.4. The lowest BCUT2D eigenvalue weighted by Gasteiger charge is -2.24. The Kier molecular flexibility index (Phi) is 4.75. The number of amides is 1. The predicted octanol–water partition coefficient (Wildman–Crippen LogP) is 2.78. The van der Waals surface area contributed by atoms with Crippen LogP contribution in [0.1, 0.15) is 65.5 Å². The fourth-order valence-corrected chi connectivity index (χ4v) is 3.84. The third kappa shape index (κ3) is 3.10. The standard InChI is InChI=1S/C16H22N6OS/c1-9(2)14-15(24-21-20-14)16(23)22-7-5-6-12(22)11-8-13(17-4)19-10(3)18-11/h8-9,12H,5-7H2,1-4H3,(H,17,18,19)/t12-/m1/s1. The van der Waals surface area contributed by atoms with E-state index in [4.69, 9.17) is 0 Å². The van der Waals surface area contributed by atoms with Crippen LogP contribution in [0.5, 0.6) is 0 Å². The number of aromatic nitrogens is 4. The van der Waals surface area contributed by atoms with Crippen LogP contribution in [-0.2, 0) is 0 Å². The Morgan fingerprint density at radius 3 is 2.92 bits per heavy atom. The van der Waals surface area contributed by atoms with Gasteiger partial charge in [0.15, 0.2) is 0 Å². The number of nitrogens with one attached hydrogen (secondary N) is 1. The molecule has 0 unspecified atom stereocenters. The molecule has 1 amide bonds. The van der Waals surface area contributed by atoms with Crippen molar-refractivity contribution in [2.45, 2.75) is 45.6 Å². The summed E-state index contributed by atoms with van der Waals surface area (Å²) in [5, 5.41) is 7.19. The van der Waals surface area contributed by atoms with Gasteiger partial charge in [0.25, 0.3) is 5.91 Å². The van der Waals surface area contributed by atoms with E-state index in [1.54, 1.807) is 0 Å². The summed E-state index contributed by atoms with van der Waals surface area (Å²) in [5.41, 5.74) is 1.67. The third-order valence-electron chi connectivity index (χ3n) is 4.22. The van der Waals surface area contributed by atoms with Crippen LogP contribution < -0.4 is 5.32 Å². The molecule has 3 heterocycles. The molecule has 24 heavy (non-hydrogen) atoms. The fraction of sp³-hybridized carbons (Fsp3) is 0.562. The minimum absolute atomic E-state index is 0.0125. The number of nitrogens with zero attached hydrogens (tertiary/aromatic N) is 5. The molecule has 1 atom stereocenters. The average molecular weight is 346 g/mol. The molecule has 0 saturated carbocycles. The smallest absolute Gasteiger partial charge is 0.268 e. The summed E-state index contributed by atoms with van der Waals surface area (Å²) < 4.78 is 3.98. The van der Waals surface area contributed by atoms with Gasteiger partial charge in [0.2, 0.25) is 0 Å². The van der Waals surface area contributed by atoms with Gasteiger partial charge in [-0.05, 0) is 37.2 Å². The third-order valence-corrected chi connectivity index (χ3v) is 4.95. The maximum Gasteiger partial charge on any atom is 0.268 e. The summed E-state index contributed by atoms with van der Waals surface area (Å²) >= 11 is 1.18. The monoisotopic (exact) mass is 346 g/mol. The highest BCUT2D eigenvalue weighted by Gasteiger charge is 2.34. The molecule has 1 saturated heterocycles. The van der Waals surface area contributed by atoms with Crippen LogP contribution in [-0.4, -0.2) is 44.0 Å². The Labute approximate surface area is 145 Å². The van der Waals surface area contributed by atoms with Gasteiger partial charge in [-0.2, -0.15) is 0 Å². The number of anilines is 1. The Morgan fingerprint density at radius 2 is 2.21 bits per heavy atom. The van der Waals surface area contributed by atoms with Crippen molar-refractivity contribution in [1.82, 2.24) is 24.5 Å². The number of carbonyl (C=O) groups excluding carboxylic acids is 1. The molecule has 128 valence electrons. The normalized spacial score (nSPS) is 17.5. The molecule has 0 spiro atoms. The van der Waals surface area contributed by atoms with Crippen LogP contribution in [0.15, 0.2) is 6.07 Å². The Balaban J connectivity index is 1.92. The van der Waals surface area contributed by atoms with Crippen molar-refractivity contribution >= 4 is 23.3 Å². The van der Waals surface area contributed by atoms with Crippen LogP contribution in [0, 0.1) is 6.92 Å². The summed E-state index contributed by atoms with van der Waals surface area (Å²) in [7, 11) is 1.83. The topological polar surface area (TPSA) is 83.9 Å². The van der Waals surface area contributed by atoms with Crippen LogP contribution in [0.3, 0.4) is 0 Å². The highest BCUT2D eigenvalue weighted by Crippen LogP contribution is 2.34. The van der Waals surface area contributed by atoms with Crippen molar-refractivity contribution in [3.05, 3.63) is 28.2 Å². The summed E-state index contributed by atoms with van der Waals surface area (Å²) in [6.07, 6.45) is 1.88.